The maximum Gasteiger partial charge on any atom is 0.186 e. The van der Waals surface area contributed by atoms with Crippen molar-refractivity contribution in [3.63, 3.8) is 0 Å². The number of benzene rings is 1. The molecule has 0 bridgehead atoms. The second-order valence-corrected chi connectivity index (χ2v) is 4.20. The highest BCUT2D eigenvalue weighted by atomic mass is 32.1. The van der Waals surface area contributed by atoms with E-state index in [4.69, 9.17) is 17.0 Å². The lowest BCUT2D eigenvalue weighted by Crippen LogP contribution is -2.29. The summed E-state index contributed by atoms with van der Waals surface area (Å²) in [5.41, 5.74) is 4.46. The Bertz CT molecular complexity index is 500. The van der Waals surface area contributed by atoms with Crippen LogP contribution in [0, 0.1) is 0 Å². The Morgan fingerprint density at radius 3 is 2.55 bits per heavy atom. The van der Waals surface area contributed by atoms with Gasteiger partial charge in [0.15, 0.2) is 5.11 Å². The van der Waals surface area contributed by atoms with Gasteiger partial charge in [-0.25, -0.2) is 0 Å². The molecule has 0 atom stereocenters. The molecular weight excluding hydrogens is 278 g/mol. The average Bonchev–Trinajstić information content (AvgIpc) is 2.46. The van der Waals surface area contributed by atoms with E-state index in [2.05, 4.69) is 15.8 Å². The molecular formula is C13H16N3O3S-. The molecule has 0 spiro atoms. The molecule has 7 heteroatoms. The number of nitrogens with one attached hydrogen (secondary N) is 2. The van der Waals surface area contributed by atoms with Gasteiger partial charge in [0.05, 0.1) is 11.7 Å². The molecule has 20 heavy (non-hydrogen) atoms. The molecule has 0 saturated heterocycles. The molecule has 6 nitrogen and oxygen atoms in total. The number of carbonyl (C=O) groups is 1. The Balaban J connectivity index is 2.74. The van der Waals surface area contributed by atoms with Gasteiger partial charge in [0.2, 0.25) is 0 Å². The summed E-state index contributed by atoms with van der Waals surface area (Å²) in [5.74, 6) is -0.790. The quantitative estimate of drug-likeness (QED) is 0.437. The minimum absolute atomic E-state index is 0.435. The first-order valence-electron chi connectivity index (χ1n) is 6.04. The number of hydrogen-bond acceptors (Lipinski definition) is 5. The van der Waals surface area contributed by atoms with E-state index in [-0.39, 0.29) is 0 Å². The highest BCUT2D eigenvalue weighted by Gasteiger charge is 2.02. The molecule has 1 aromatic carbocycles. The Morgan fingerprint density at radius 2 is 2.05 bits per heavy atom. The molecule has 0 fully saturated rings. The number of rotatable bonds is 6. The summed E-state index contributed by atoms with van der Waals surface area (Å²) >= 11 is 4.94. The highest BCUT2D eigenvalue weighted by Crippen LogP contribution is 2.13. The number of carboxylic acid groups (broad SMARTS) is 1. The Morgan fingerprint density at radius 1 is 1.40 bits per heavy atom. The molecule has 0 radical (unpaired) electrons. The second-order valence-electron chi connectivity index (χ2n) is 3.79. The molecule has 0 unspecified atom stereocenters. The van der Waals surface area contributed by atoms with Crippen molar-refractivity contribution in [1.29, 1.82) is 0 Å². The summed E-state index contributed by atoms with van der Waals surface area (Å²) in [4.78, 5) is 10.3. The summed E-state index contributed by atoms with van der Waals surface area (Å²) in [5, 5.41) is 17.7. The van der Waals surface area contributed by atoms with Crippen LogP contribution in [0.15, 0.2) is 29.4 Å². The standard InChI is InChI=1S/C13H17N3O3S/c1-3-11(15-16-13(20)14-2)9-4-6-10(7-5-9)19-8-12(17)18/h4-7H,3,8H2,1-2H3,(H,17,18)(H2,14,16,20)/p-1/b15-11-. The molecule has 1 aromatic rings. The average molecular weight is 294 g/mol. The van der Waals surface area contributed by atoms with Crippen molar-refractivity contribution in [2.45, 2.75) is 13.3 Å². The first-order valence-corrected chi connectivity index (χ1v) is 6.45. The third-order valence-electron chi connectivity index (χ3n) is 2.40. The van der Waals surface area contributed by atoms with Gasteiger partial charge in [0, 0.05) is 7.05 Å². The molecule has 1 rings (SSSR count). The van der Waals surface area contributed by atoms with Gasteiger partial charge in [0.25, 0.3) is 0 Å². The van der Waals surface area contributed by atoms with Gasteiger partial charge in [-0.05, 0) is 48.5 Å². The zero-order valence-electron chi connectivity index (χ0n) is 11.3. The van der Waals surface area contributed by atoms with Crippen molar-refractivity contribution < 1.29 is 14.6 Å². The number of thiocarbonyl (C=S) groups is 1. The van der Waals surface area contributed by atoms with Crippen LogP contribution in [-0.2, 0) is 4.79 Å². The lowest BCUT2D eigenvalue weighted by molar-refractivity contribution is -0.307. The predicted molar refractivity (Wildman–Crippen MR) is 78.6 cm³/mol. The summed E-state index contributed by atoms with van der Waals surface area (Å²) in [7, 11) is 1.71. The van der Waals surface area contributed by atoms with E-state index in [1.807, 2.05) is 6.92 Å². The predicted octanol–water partition coefficient (Wildman–Crippen LogP) is 0.0233. The van der Waals surface area contributed by atoms with Crippen LogP contribution in [0.4, 0.5) is 0 Å². The molecule has 0 aliphatic rings. The van der Waals surface area contributed by atoms with Gasteiger partial charge in [-0.2, -0.15) is 5.10 Å². The third kappa shape index (κ3) is 5.23. The molecule has 0 amide bonds. The summed E-state index contributed by atoms with van der Waals surface area (Å²) in [6, 6.07) is 6.97. The van der Waals surface area contributed by atoms with Crippen LogP contribution < -0.4 is 20.6 Å². The van der Waals surface area contributed by atoms with Crippen molar-refractivity contribution >= 4 is 29.0 Å². The van der Waals surface area contributed by atoms with Crippen LogP contribution in [0.3, 0.4) is 0 Å². The number of nitrogens with zero attached hydrogens (tertiary/aromatic N) is 1. The van der Waals surface area contributed by atoms with Crippen molar-refractivity contribution in [1.82, 2.24) is 10.7 Å². The van der Waals surface area contributed by atoms with Crippen LogP contribution in [0.5, 0.6) is 5.75 Å². The number of aliphatic carboxylic acids is 1. The molecule has 108 valence electrons. The minimum atomic E-state index is -1.25. The monoisotopic (exact) mass is 294 g/mol. The van der Waals surface area contributed by atoms with Gasteiger partial charge in [-0.1, -0.05) is 6.92 Å². The van der Waals surface area contributed by atoms with Crippen molar-refractivity contribution in [3.05, 3.63) is 29.8 Å². The smallest absolute Gasteiger partial charge is 0.186 e. The third-order valence-corrected chi connectivity index (χ3v) is 2.69. The SMILES string of the molecule is CC/C(=N/NC(=S)NC)c1ccc(OCC(=O)[O-])cc1. The van der Waals surface area contributed by atoms with Crippen molar-refractivity contribution in [2.75, 3.05) is 13.7 Å². The van der Waals surface area contributed by atoms with Gasteiger partial charge < -0.3 is 20.0 Å². The molecule has 0 aliphatic carbocycles. The fourth-order valence-corrected chi connectivity index (χ4v) is 1.45. The molecule has 0 saturated carbocycles. The first-order chi connectivity index (χ1) is 9.56. The number of ether oxygens (including phenoxy) is 1. The Labute approximate surface area is 122 Å². The number of hydrazone groups is 1. The van der Waals surface area contributed by atoms with Crippen LogP contribution in [-0.4, -0.2) is 30.4 Å². The van der Waals surface area contributed by atoms with Crippen LogP contribution in [0.2, 0.25) is 0 Å². The zero-order valence-corrected chi connectivity index (χ0v) is 12.1. The topological polar surface area (TPSA) is 85.8 Å². The van der Waals surface area contributed by atoms with Gasteiger partial charge >= 0.3 is 0 Å². The van der Waals surface area contributed by atoms with Gasteiger partial charge in [0.1, 0.15) is 12.4 Å². The summed E-state index contributed by atoms with van der Waals surface area (Å²) in [6.45, 7) is 1.51. The van der Waals surface area contributed by atoms with Gasteiger partial charge in [-0.15, -0.1) is 0 Å². The van der Waals surface area contributed by atoms with Crippen LogP contribution >= 0.6 is 12.2 Å². The van der Waals surface area contributed by atoms with E-state index in [1.165, 1.54) is 0 Å². The van der Waals surface area contributed by atoms with Crippen molar-refractivity contribution in [2.24, 2.45) is 5.10 Å². The van der Waals surface area contributed by atoms with E-state index in [9.17, 15) is 9.90 Å². The normalized spacial score (nSPS) is 10.8. The Kier molecular flexibility index (Phi) is 6.45. The number of carboxylic acids is 1. The first kappa shape index (κ1) is 15.9. The minimum Gasteiger partial charge on any atom is -0.546 e. The molecule has 0 aliphatic heterocycles. The van der Waals surface area contributed by atoms with E-state index >= 15 is 0 Å². The fraction of sp³-hybridized carbons (Fsp3) is 0.308. The zero-order chi connectivity index (χ0) is 15.0. The largest absolute Gasteiger partial charge is 0.546 e. The van der Waals surface area contributed by atoms with Crippen molar-refractivity contribution in [3.8, 4) is 5.75 Å². The number of hydrogen-bond donors (Lipinski definition) is 2. The van der Waals surface area contributed by atoms with Gasteiger partial charge in [-0.3, -0.25) is 5.43 Å². The molecule has 0 aromatic heterocycles. The van der Waals surface area contributed by atoms with E-state index < -0.39 is 12.6 Å². The number of carbonyl (C=O) groups excluding carboxylic acids is 1. The van der Waals surface area contributed by atoms with Crippen LogP contribution in [0.25, 0.3) is 0 Å². The van der Waals surface area contributed by atoms with E-state index in [1.54, 1.807) is 31.3 Å². The summed E-state index contributed by atoms with van der Waals surface area (Å²) < 4.78 is 5.00. The summed E-state index contributed by atoms with van der Waals surface area (Å²) in [6.07, 6.45) is 0.721. The second kappa shape index (κ2) is 8.11. The Hall–Kier alpha value is -2.15. The van der Waals surface area contributed by atoms with E-state index in [0.717, 1.165) is 17.7 Å². The fourth-order valence-electron chi connectivity index (χ4n) is 1.41. The maximum atomic E-state index is 10.3. The van der Waals surface area contributed by atoms with Crippen LogP contribution in [0.1, 0.15) is 18.9 Å². The highest BCUT2D eigenvalue weighted by molar-refractivity contribution is 7.80. The molecule has 0 heterocycles. The lowest BCUT2D eigenvalue weighted by atomic mass is 10.1. The maximum absolute atomic E-state index is 10.3. The lowest BCUT2D eigenvalue weighted by Gasteiger charge is -2.09. The van der Waals surface area contributed by atoms with E-state index in [0.29, 0.717) is 10.9 Å². The molecule has 2 N–H and O–H groups in total.